The van der Waals surface area contributed by atoms with Crippen LogP contribution in [-0.4, -0.2) is 37.3 Å². The van der Waals surface area contributed by atoms with Crippen LogP contribution in [0.25, 0.3) is 21.3 Å². The minimum absolute atomic E-state index is 0.101. The SMILES string of the molecule is COCCN(C)c1nc2c(-c3ccccc3)csc2c(=O)[nH]1. The van der Waals surface area contributed by atoms with Crippen LogP contribution in [0.2, 0.25) is 0 Å². The average molecular weight is 315 g/mol. The van der Waals surface area contributed by atoms with Crippen molar-refractivity contribution < 1.29 is 4.74 Å². The Morgan fingerprint density at radius 2 is 2.09 bits per heavy atom. The molecule has 6 heteroatoms. The number of nitrogens with one attached hydrogen (secondary N) is 1. The first-order chi connectivity index (χ1) is 10.7. The predicted molar refractivity (Wildman–Crippen MR) is 90.8 cm³/mol. The molecule has 0 aliphatic rings. The van der Waals surface area contributed by atoms with Gasteiger partial charge in [0.15, 0.2) is 0 Å². The molecule has 0 radical (unpaired) electrons. The normalized spacial score (nSPS) is 11.0. The molecule has 0 amide bonds. The van der Waals surface area contributed by atoms with E-state index in [1.54, 1.807) is 7.11 Å². The standard InChI is InChI=1S/C16H17N3O2S/c1-19(8-9-21-2)16-17-13-12(11-6-4-3-5-7-11)10-22-14(13)15(20)18-16/h3-7,10H,8-9H2,1-2H3,(H,17,18,20). The fraction of sp³-hybridized carbons (Fsp3) is 0.250. The van der Waals surface area contributed by atoms with Crippen LogP contribution in [-0.2, 0) is 4.74 Å². The number of anilines is 1. The number of likely N-dealkylation sites (N-methyl/N-ethyl adjacent to an activating group) is 1. The number of thiophene rings is 1. The van der Waals surface area contributed by atoms with E-state index in [0.717, 1.165) is 16.6 Å². The van der Waals surface area contributed by atoms with Crippen LogP contribution in [0.4, 0.5) is 5.95 Å². The summed E-state index contributed by atoms with van der Waals surface area (Å²) in [6.07, 6.45) is 0. The molecule has 1 N–H and O–H groups in total. The van der Waals surface area contributed by atoms with Crippen LogP contribution in [0.5, 0.6) is 0 Å². The summed E-state index contributed by atoms with van der Waals surface area (Å²) in [7, 11) is 3.54. The first-order valence-corrected chi connectivity index (χ1v) is 7.85. The van der Waals surface area contributed by atoms with Crippen molar-refractivity contribution in [2.24, 2.45) is 0 Å². The first-order valence-electron chi connectivity index (χ1n) is 6.97. The summed E-state index contributed by atoms with van der Waals surface area (Å²) in [5, 5.41) is 1.99. The molecule has 0 aliphatic heterocycles. The number of benzene rings is 1. The smallest absolute Gasteiger partial charge is 0.270 e. The number of aromatic amines is 1. The molecule has 0 atom stereocenters. The van der Waals surface area contributed by atoms with E-state index in [1.807, 2.05) is 47.7 Å². The zero-order valence-corrected chi connectivity index (χ0v) is 13.3. The Morgan fingerprint density at radius 3 is 2.82 bits per heavy atom. The van der Waals surface area contributed by atoms with Crippen molar-refractivity contribution in [3.63, 3.8) is 0 Å². The number of H-pyrrole nitrogens is 1. The molecule has 0 fully saturated rings. The fourth-order valence-electron chi connectivity index (χ4n) is 2.25. The van der Waals surface area contributed by atoms with Gasteiger partial charge < -0.3 is 9.64 Å². The molecule has 0 unspecified atom stereocenters. The van der Waals surface area contributed by atoms with E-state index >= 15 is 0 Å². The highest BCUT2D eigenvalue weighted by Gasteiger charge is 2.14. The zero-order valence-electron chi connectivity index (χ0n) is 12.5. The fourth-order valence-corrected chi connectivity index (χ4v) is 3.16. The molecule has 0 saturated heterocycles. The van der Waals surface area contributed by atoms with Crippen molar-refractivity contribution in [1.82, 2.24) is 9.97 Å². The lowest BCUT2D eigenvalue weighted by molar-refractivity contribution is 0.206. The Morgan fingerprint density at radius 1 is 1.32 bits per heavy atom. The summed E-state index contributed by atoms with van der Waals surface area (Å²) in [5.41, 5.74) is 2.71. The molecular formula is C16H17N3O2S. The van der Waals surface area contributed by atoms with E-state index in [4.69, 9.17) is 4.74 Å². The number of fused-ring (bicyclic) bond motifs is 1. The number of nitrogens with zero attached hydrogens (tertiary/aromatic N) is 2. The third kappa shape index (κ3) is 2.75. The summed E-state index contributed by atoms with van der Waals surface area (Å²) in [6, 6.07) is 9.99. The number of rotatable bonds is 5. The van der Waals surface area contributed by atoms with Gasteiger partial charge in [0.25, 0.3) is 5.56 Å². The summed E-state index contributed by atoms with van der Waals surface area (Å²) >= 11 is 1.42. The maximum absolute atomic E-state index is 12.3. The Balaban J connectivity index is 2.10. The third-order valence-corrected chi connectivity index (χ3v) is 4.46. The second-order valence-corrected chi connectivity index (χ2v) is 5.88. The van der Waals surface area contributed by atoms with E-state index in [1.165, 1.54) is 11.3 Å². The van der Waals surface area contributed by atoms with Crippen LogP contribution >= 0.6 is 11.3 Å². The number of hydrogen-bond donors (Lipinski definition) is 1. The molecule has 0 aliphatic carbocycles. The molecular weight excluding hydrogens is 298 g/mol. The lowest BCUT2D eigenvalue weighted by Crippen LogP contribution is -2.26. The minimum Gasteiger partial charge on any atom is -0.383 e. The van der Waals surface area contributed by atoms with Crippen LogP contribution < -0.4 is 10.5 Å². The molecule has 2 heterocycles. The van der Waals surface area contributed by atoms with Crippen molar-refractivity contribution in [3.8, 4) is 11.1 Å². The summed E-state index contributed by atoms with van der Waals surface area (Å²) in [5.74, 6) is 0.560. The van der Waals surface area contributed by atoms with Gasteiger partial charge in [-0.3, -0.25) is 9.78 Å². The average Bonchev–Trinajstić information content (AvgIpc) is 2.98. The highest BCUT2D eigenvalue weighted by Crippen LogP contribution is 2.31. The lowest BCUT2D eigenvalue weighted by Gasteiger charge is -2.16. The van der Waals surface area contributed by atoms with Crippen LogP contribution in [0, 0.1) is 0 Å². The van der Waals surface area contributed by atoms with E-state index in [2.05, 4.69) is 9.97 Å². The van der Waals surface area contributed by atoms with Crippen LogP contribution in [0.1, 0.15) is 0 Å². The summed E-state index contributed by atoms with van der Waals surface area (Å²) in [4.78, 5) is 21.7. The Kier molecular flexibility index (Phi) is 4.22. The van der Waals surface area contributed by atoms with Crippen molar-refractivity contribution in [3.05, 3.63) is 46.1 Å². The van der Waals surface area contributed by atoms with Gasteiger partial charge in [0.2, 0.25) is 5.95 Å². The first kappa shape index (κ1) is 14.7. The molecule has 0 saturated carbocycles. The molecule has 22 heavy (non-hydrogen) atoms. The van der Waals surface area contributed by atoms with Gasteiger partial charge >= 0.3 is 0 Å². The Labute approximate surface area is 132 Å². The maximum Gasteiger partial charge on any atom is 0.270 e. The molecule has 0 bridgehead atoms. The molecule has 114 valence electrons. The lowest BCUT2D eigenvalue weighted by atomic mass is 10.1. The van der Waals surface area contributed by atoms with E-state index in [-0.39, 0.29) is 5.56 Å². The molecule has 3 rings (SSSR count). The van der Waals surface area contributed by atoms with Crippen LogP contribution in [0.3, 0.4) is 0 Å². The van der Waals surface area contributed by atoms with Crippen molar-refractivity contribution in [2.45, 2.75) is 0 Å². The van der Waals surface area contributed by atoms with Crippen molar-refractivity contribution in [1.29, 1.82) is 0 Å². The second kappa shape index (κ2) is 6.29. The van der Waals surface area contributed by atoms with Crippen molar-refractivity contribution >= 4 is 27.5 Å². The van der Waals surface area contributed by atoms with Gasteiger partial charge in [-0.2, -0.15) is 0 Å². The predicted octanol–water partition coefficient (Wildman–Crippen LogP) is 2.73. The third-order valence-electron chi connectivity index (χ3n) is 3.49. The molecule has 0 spiro atoms. The monoisotopic (exact) mass is 315 g/mol. The second-order valence-electron chi connectivity index (χ2n) is 5.00. The highest BCUT2D eigenvalue weighted by atomic mass is 32.1. The topological polar surface area (TPSA) is 58.2 Å². The van der Waals surface area contributed by atoms with Gasteiger partial charge in [0.1, 0.15) is 4.70 Å². The molecule has 1 aromatic carbocycles. The van der Waals surface area contributed by atoms with Gasteiger partial charge in [-0.1, -0.05) is 30.3 Å². The van der Waals surface area contributed by atoms with Gasteiger partial charge in [0.05, 0.1) is 12.1 Å². The summed E-state index contributed by atoms with van der Waals surface area (Å²) in [6.45, 7) is 1.24. The van der Waals surface area contributed by atoms with Gasteiger partial charge in [-0.25, -0.2) is 4.98 Å². The maximum atomic E-state index is 12.3. The number of ether oxygens (including phenoxy) is 1. The van der Waals surface area contributed by atoms with Gasteiger partial charge in [0, 0.05) is 31.6 Å². The molecule has 2 aromatic heterocycles. The van der Waals surface area contributed by atoms with Crippen molar-refractivity contribution in [2.75, 3.05) is 32.2 Å². The van der Waals surface area contributed by atoms with Crippen LogP contribution in [0.15, 0.2) is 40.5 Å². The minimum atomic E-state index is -0.101. The van der Waals surface area contributed by atoms with Gasteiger partial charge in [-0.15, -0.1) is 11.3 Å². The largest absolute Gasteiger partial charge is 0.383 e. The summed E-state index contributed by atoms with van der Waals surface area (Å²) < 4.78 is 5.73. The number of methoxy groups -OCH3 is 1. The quantitative estimate of drug-likeness (QED) is 0.786. The van der Waals surface area contributed by atoms with Gasteiger partial charge in [-0.05, 0) is 5.56 Å². The number of hydrogen-bond acceptors (Lipinski definition) is 5. The Hall–Kier alpha value is -2.18. The zero-order chi connectivity index (χ0) is 15.5. The van der Waals surface area contributed by atoms with E-state index < -0.39 is 0 Å². The van der Waals surface area contributed by atoms with E-state index in [9.17, 15) is 4.79 Å². The molecule has 5 nitrogen and oxygen atoms in total. The van der Waals surface area contributed by atoms with E-state index in [0.29, 0.717) is 23.8 Å². The Bertz CT molecular complexity index is 826. The number of aromatic nitrogens is 2. The highest BCUT2D eigenvalue weighted by molar-refractivity contribution is 7.17. The molecule has 3 aromatic rings.